The molecular weight excluding hydrogens is 208 g/mol. The summed E-state index contributed by atoms with van der Waals surface area (Å²) in [5.41, 5.74) is 0. The van der Waals surface area contributed by atoms with Gasteiger partial charge in [0.05, 0.1) is 31.4 Å². The van der Waals surface area contributed by atoms with Crippen LogP contribution in [0, 0.1) is 0 Å². The van der Waals surface area contributed by atoms with Gasteiger partial charge >= 0.3 is 0 Å². The van der Waals surface area contributed by atoms with Crippen molar-refractivity contribution >= 4 is 5.91 Å². The van der Waals surface area contributed by atoms with Gasteiger partial charge in [0.25, 0.3) is 0 Å². The van der Waals surface area contributed by atoms with Gasteiger partial charge in [-0.2, -0.15) is 0 Å². The van der Waals surface area contributed by atoms with Gasteiger partial charge in [0.2, 0.25) is 5.91 Å². The molecule has 3 unspecified atom stereocenters. The van der Waals surface area contributed by atoms with E-state index in [0.717, 1.165) is 0 Å². The monoisotopic (exact) mass is 230 g/mol. The zero-order chi connectivity index (χ0) is 12.1. The highest BCUT2D eigenvalue weighted by Gasteiger charge is 2.29. The van der Waals surface area contributed by atoms with Crippen molar-refractivity contribution in [2.45, 2.75) is 39.0 Å². The van der Waals surface area contributed by atoms with Gasteiger partial charge in [-0.1, -0.05) is 0 Å². The molecule has 0 aromatic heterocycles. The van der Waals surface area contributed by atoms with E-state index in [2.05, 4.69) is 5.32 Å². The van der Waals surface area contributed by atoms with Crippen LogP contribution in [0.1, 0.15) is 20.8 Å². The van der Waals surface area contributed by atoms with Gasteiger partial charge in [0.1, 0.15) is 0 Å². The second-order valence-corrected chi connectivity index (χ2v) is 4.11. The molecule has 1 rings (SSSR count). The molecule has 5 nitrogen and oxygen atoms in total. The number of nitrogens with one attached hydrogen (secondary N) is 1. The summed E-state index contributed by atoms with van der Waals surface area (Å²) in [6.07, 6.45) is -0.507. The molecule has 1 heterocycles. The third-order valence-electron chi connectivity index (χ3n) is 2.96. The second-order valence-electron chi connectivity index (χ2n) is 4.11. The summed E-state index contributed by atoms with van der Waals surface area (Å²) in [5, 5.41) is 12.7. The number of aliphatic hydroxyl groups excluding tert-OH is 1. The molecule has 0 aromatic carbocycles. The lowest BCUT2D eigenvalue weighted by Crippen LogP contribution is -2.51. The molecule has 94 valence electrons. The Morgan fingerprint density at radius 3 is 2.56 bits per heavy atom. The number of hydrogen-bond acceptors (Lipinski definition) is 4. The highest BCUT2D eigenvalue weighted by Crippen LogP contribution is 2.07. The smallest absolute Gasteiger partial charge is 0.239 e. The molecular formula is C11H22N2O3. The maximum atomic E-state index is 11.9. The van der Waals surface area contributed by atoms with Crippen molar-refractivity contribution < 1.29 is 14.6 Å². The van der Waals surface area contributed by atoms with Crippen LogP contribution in [-0.2, 0) is 9.53 Å². The van der Waals surface area contributed by atoms with Crippen molar-refractivity contribution in [3.63, 3.8) is 0 Å². The Morgan fingerprint density at radius 2 is 2.12 bits per heavy atom. The van der Waals surface area contributed by atoms with Crippen LogP contribution in [0.15, 0.2) is 0 Å². The lowest BCUT2D eigenvalue weighted by Gasteiger charge is -2.26. The number of nitrogens with zero attached hydrogens (tertiary/aromatic N) is 1. The summed E-state index contributed by atoms with van der Waals surface area (Å²) >= 11 is 0. The molecule has 1 saturated heterocycles. The normalized spacial score (nSPS) is 26.8. The van der Waals surface area contributed by atoms with Crippen molar-refractivity contribution in [2.24, 2.45) is 0 Å². The van der Waals surface area contributed by atoms with Crippen molar-refractivity contribution in [2.75, 3.05) is 26.3 Å². The first kappa shape index (κ1) is 13.4. The van der Waals surface area contributed by atoms with Gasteiger partial charge in [0.15, 0.2) is 0 Å². The average Bonchev–Trinajstić information content (AvgIpc) is 2.66. The number of amides is 1. The van der Waals surface area contributed by atoms with Crippen LogP contribution in [0.25, 0.3) is 0 Å². The SMILES string of the molecule is CCN(CC)C(=O)C(C)NC1COCC1O. The van der Waals surface area contributed by atoms with E-state index >= 15 is 0 Å². The Hall–Kier alpha value is -0.650. The molecule has 16 heavy (non-hydrogen) atoms. The summed E-state index contributed by atoms with van der Waals surface area (Å²) in [7, 11) is 0. The Balaban J connectivity index is 2.44. The van der Waals surface area contributed by atoms with E-state index < -0.39 is 6.10 Å². The van der Waals surface area contributed by atoms with Crippen LogP contribution < -0.4 is 5.32 Å². The number of carbonyl (C=O) groups is 1. The fourth-order valence-electron chi connectivity index (χ4n) is 1.90. The number of carbonyl (C=O) groups excluding carboxylic acids is 1. The van der Waals surface area contributed by atoms with E-state index in [1.54, 1.807) is 4.90 Å². The van der Waals surface area contributed by atoms with Crippen molar-refractivity contribution in [1.82, 2.24) is 10.2 Å². The van der Waals surface area contributed by atoms with Crippen molar-refractivity contribution in [3.8, 4) is 0 Å². The predicted octanol–water partition coefficient (Wildman–Crippen LogP) is -0.407. The lowest BCUT2D eigenvalue weighted by molar-refractivity contribution is -0.132. The number of aliphatic hydroxyl groups is 1. The maximum Gasteiger partial charge on any atom is 0.239 e. The molecule has 0 radical (unpaired) electrons. The van der Waals surface area contributed by atoms with Gasteiger partial charge in [0, 0.05) is 13.1 Å². The second kappa shape index (κ2) is 6.18. The van der Waals surface area contributed by atoms with Crippen LogP contribution >= 0.6 is 0 Å². The maximum absolute atomic E-state index is 11.9. The molecule has 1 fully saturated rings. The Kier molecular flexibility index (Phi) is 5.18. The van der Waals surface area contributed by atoms with E-state index in [9.17, 15) is 9.90 Å². The Labute approximate surface area is 96.8 Å². The number of hydrogen-bond donors (Lipinski definition) is 2. The zero-order valence-corrected chi connectivity index (χ0v) is 10.3. The molecule has 1 aliphatic rings. The third-order valence-corrected chi connectivity index (χ3v) is 2.96. The van der Waals surface area contributed by atoms with E-state index in [4.69, 9.17) is 4.74 Å². The number of rotatable bonds is 5. The number of likely N-dealkylation sites (N-methyl/N-ethyl adjacent to an activating group) is 1. The van der Waals surface area contributed by atoms with Gasteiger partial charge < -0.3 is 14.7 Å². The van der Waals surface area contributed by atoms with Gasteiger partial charge in [-0.3, -0.25) is 10.1 Å². The summed E-state index contributed by atoms with van der Waals surface area (Å²) in [4.78, 5) is 13.7. The largest absolute Gasteiger partial charge is 0.389 e. The van der Waals surface area contributed by atoms with Crippen LogP contribution in [0.5, 0.6) is 0 Å². The molecule has 0 aromatic rings. The minimum absolute atomic E-state index is 0.0732. The summed E-state index contributed by atoms with van der Waals surface area (Å²) in [5.74, 6) is 0.0732. The van der Waals surface area contributed by atoms with E-state index in [1.165, 1.54) is 0 Å². The minimum atomic E-state index is -0.507. The molecule has 1 amide bonds. The van der Waals surface area contributed by atoms with Gasteiger partial charge in [-0.15, -0.1) is 0 Å². The molecule has 1 aliphatic heterocycles. The number of ether oxygens (including phenoxy) is 1. The van der Waals surface area contributed by atoms with Gasteiger partial charge in [-0.25, -0.2) is 0 Å². The molecule has 0 spiro atoms. The Morgan fingerprint density at radius 1 is 1.50 bits per heavy atom. The van der Waals surface area contributed by atoms with E-state index in [0.29, 0.717) is 26.3 Å². The predicted molar refractivity (Wildman–Crippen MR) is 61.1 cm³/mol. The molecule has 2 N–H and O–H groups in total. The van der Waals surface area contributed by atoms with Crippen molar-refractivity contribution in [3.05, 3.63) is 0 Å². The van der Waals surface area contributed by atoms with Gasteiger partial charge in [-0.05, 0) is 20.8 Å². The first-order valence-corrected chi connectivity index (χ1v) is 5.90. The molecule has 0 saturated carbocycles. The van der Waals surface area contributed by atoms with E-state index in [-0.39, 0.29) is 18.0 Å². The van der Waals surface area contributed by atoms with Crippen molar-refractivity contribution in [1.29, 1.82) is 0 Å². The molecule has 3 atom stereocenters. The molecule has 0 aliphatic carbocycles. The summed E-state index contributed by atoms with van der Waals surface area (Å²) in [6, 6.07) is -0.407. The first-order valence-electron chi connectivity index (χ1n) is 5.90. The fourth-order valence-corrected chi connectivity index (χ4v) is 1.90. The van der Waals surface area contributed by atoms with Crippen LogP contribution in [0.4, 0.5) is 0 Å². The highest BCUT2D eigenvalue weighted by atomic mass is 16.5. The molecule has 0 bridgehead atoms. The summed E-state index contributed by atoms with van der Waals surface area (Å²) < 4.78 is 5.13. The first-order chi connectivity index (χ1) is 7.60. The van der Waals surface area contributed by atoms with E-state index in [1.807, 2.05) is 20.8 Å². The van der Waals surface area contributed by atoms with Crippen LogP contribution in [-0.4, -0.2) is 60.4 Å². The molecule has 5 heteroatoms. The highest BCUT2D eigenvalue weighted by molar-refractivity contribution is 5.81. The quantitative estimate of drug-likeness (QED) is 0.674. The standard InChI is InChI=1S/C11H22N2O3/c1-4-13(5-2)11(15)8(3)12-9-6-16-7-10(9)14/h8-10,12,14H,4-7H2,1-3H3. The fraction of sp³-hybridized carbons (Fsp3) is 0.909. The lowest BCUT2D eigenvalue weighted by atomic mass is 10.1. The third kappa shape index (κ3) is 3.17. The Bertz CT molecular complexity index is 231. The van der Waals surface area contributed by atoms with Crippen LogP contribution in [0.2, 0.25) is 0 Å². The zero-order valence-electron chi connectivity index (χ0n) is 10.3. The minimum Gasteiger partial charge on any atom is -0.389 e. The van der Waals surface area contributed by atoms with Crippen LogP contribution in [0.3, 0.4) is 0 Å². The topological polar surface area (TPSA) is 61.8 Å². The average molecular weight is 230 g/mol. The summed E-state index contributed by atoms with van der Waals surface area (Å²) in [6.45, 7) is 7.99.